The van der Waals surface area contributed by atoms with Gasteiger partial charge in [-0.1, -0.05) is 6.92 Å². The first-order valence-corrected chi connectivity index (χ1v) is 5.35. The van der Waals surface area contributed by atoms with Crippen LogP contribution in [-0.4, -0.2) is 11.8 Å². The highest BCUT2D eigenvalue weighted by molar-refractivity contribution is 8.00. The summed E-state index contributed by atoms with van der Waals surface area (Å²) >= 11 is 1.47. The quantitative estimate of drug-likeness (QED) is 0.814. The lowest BCUT2D eigenvalue weighted by Gasteiger charge is -2.10. The summed E-state index contributed by atoms with van der Waals surface area (Å²) in [5, 5.41) is 0.210. The fourth-order valence-corrected chi connectivity index (χ4v) is 1.86. The number of benzene rings is 1. The van der Waals surface area contributed by atoms with E-state index in [2.05, 4.69) is 0 Å². The summed E-state index contributed by atoms with van der Waals surface area (Å²) < 4.78 is 36.7. The van der Waals surface area contributed by atoms with Crippen molar-refractivity contribution in [3.05, 3.63) is 29.8 Å². The summed E-state index contributed by atoms with van der Waals surface area (Å²) in [6.45, 7) is 2.44. The molecule has 0 aliphatic carbocycles. The van der Waals surface area contributed by atoms with Crippen molar-refractivity contribution in [1.29, 1.82) is 0 Å². The van der Waals surface area contributed by atoms with Gasteiger partial charge in [0.1, 0.15) is 0 Å². The molecule has 0 heterocycles. The predicted octanol–water partition coefficient (Wildman–Crippen LogP) is 3.14. The van der Waals surface area contributed by atoms with E-state index in [-0.39, 0.29) is 5.25 Å². The maximum Gasteiger partial charge on any atom is 0.416 e. The predicted molar refractivity (Wildman–Crippen MR) is 55.8 cm³/mol. The molecule has 1 atom stereocenters. The highest BCUT2D eigenvalue weighted by Crippen LogP contribution is 2.31. The summed E-state index contributed by atoms with van der Waals surface area (Å²) in [6, 6.07) is 5.12. The lowest BCUT2D eigenvalue weighted by Crippen LogP contribution is -2.12. The lowest BCUT2D eigenvalue weighted by atomic mass is 10.2. The van der Waals surface area contributed by atoms with E-state index in [0.717, 1.165) is 17.0 Å². The smallest absolute Gasteiger partial charge is 0.329 e. The third-order valence-corrected chi connectivity index (χ3v) is 2.99. The van der Waals surface area contributed by atoms with E-state index in [1.165, 1.54) is 23.9 Å². The molecule has 0 aromatic heterocycles. The molecule has 2 N–H and O–H groups in total. The Kier molecular flexibility index (Phi) is 4.04. The van der Waals surface area contributed by atoms with Crippen molar-refractivity contribution in [2.45, 2.75) is 23.2 Å². The van der Waals surface area contributed by atoms with Crippen LogP contribution in [0, 0.1) is 0 Å². The van der Waals surface area contributed by atoms with Gasteiger partial charge in [-0.15, -0.1) is 11.8 Å². The Morgan fingerprint density at radius 3 is 2.20 bits per heavy atom. The second-order valence-corrected chi connectivity index (χ2v) is 4.70. The average molecular weight is 235 g/mol. The maximum absolute atomic E-state index is 12.2. The molecule has 0 saturated heterocycles. The van der Waals surface area contributed by atoms with Crippen LogP contribution in [-0.2, 0) is 6.18 Å². The van der Waals surface area contributed by atoms with Crippen LogP contribution in [0.5, 0.6) is 0 Å². The van der Waals surface area contributed by atoms with E-state index in [0.29, 0.717) is 6.54 Å². The van der Waals surface area contributed by atoms with E-state index in [4.69, 9.17) is 5.73 Å². The topological polar surface area (TPSA) is 26.0 Å². The van der Waals surface area contributed by atoms with Crippen molar-refractivity contribution in [2.75, 3.05) is 6.54 Å². The normalized spacial score (nSPS) is 13.9. The van der Waals surface area contributed by atoms with Crippen molar-refractivity contribution in [3.8, 4) is 0 Å². The molecular weight excluding hydrogens is 223 g/mol. The van der Waals surface area contributed by atoms with Gasteiger partial charge in [0.25, 0.3) is 0 Å². The number of halogens is 3. The van der Waals surface area contributed by atoms with Crippen LogP contribution in [0.1, 0.15) is 12.5 Å². The Balaban J connectivity index is 2.73. The van der Waals surface area contributed by atoms with Gasteiger partial charge >= 0.3 is 6.18 Å². The van der Waals surface area contributed by atoms with E-state index in [9.17, 15) is 13.2 Å². The van der Waals surface area contributed by atoms with Gasteiger partial charge in [-0.05, 0) is 24.3 Å². The van der Waals surface area contributed by atoms with Crippen molar-refractivity contribution in [3.63, 3.8) is 0 Å². The van der Waals surface area contributed by atoms with Gasteiger partial charge in [-0.25, -0.2) is 0 Å². The van der Waals surface area contributed by atoms with Crippen LogP contribution in [0.25, 0.3) is 0 Å². The van der Waals surface area contributed by atoms with Gasteiger partial charge in [-0.3, -0.25) is 0 Å². The number of hydrogen-bond donors (Lipinski definition) is 1. The molecule has 1 rings (SSSR count). The summed E-state index contributed by atoms with van der Waals surface area (Å²) in [5.74, 6) is 0. The highest BCUT2D eigenvalue weighted by Gasteiger charge is 2.29. The molecule has 0 spiro atoms. The number of nitrogens with two attached hydrogens (primary N) is 1. The summed E-state index contributed by atoms with van der Waals surface area (Å²) in [4.78, 5) is 0.806. The number of rotatable bonds is 3. The fourth-order valence-electron chi connectivity index (χ4n) is 1.00. The molecule has 1 nitrogen and oxygen atoms in total. The number of thioether (sulfide) groups is 1. The van der Waals surface area contributed by atoms with Gasteiger partial charge in [0, 0.05) is 16.7 Å². The molecule has 84 valence electrons. The first-order chi connectivity index (χ1) is 6.93. The lowest BCUT2D eigenvalue weighted by molar-refractivity contribution is -0.137. The van der Waals surface area contributed by atoms with Crippen molar-refractivity contribution >= 4 is 11.8 Å². The van der Waals surface area contributed by atoms with Crippen molar-refractivity contribution in [2.24, 2.45) is 5.73 Å². The zero-order valence-corrected chi connectivity index (χ0v) is 9.03. The molecule has 0 radical (unpaired) electrons. The standard InChI is InChI=1S/C10H12F3NS/c1-7(6-14)15-9-4-2-8(3-5-9)10(11,12)13/h2-5,7H,6,14H2,1H3. The monoisotopic (exact) mass is 235 g/mol. The highest BCUT2D eigenvalue weighted by atomic mass is 32.2. The van der Waals surface area contributed by atoms with E-state index >= 15 is 0 Å². The van der Waals surface area contributed by atoms with Crippen LogP contribution in [0.2, 0.25) is 0 Å². The minimum absolute atomic E-state index is 0.210. The summed E-state index contributed by atoms with van der Waals surface area (Å²) in [7, 11) is 0. The van der Waals surface area contributed by atoms with Gasteiger partial charge in [0.2, 0.25) is 0 Å². The average Bonchev–Trinajstić information content (AvgIpc) is 2.17. The molecule has 0 amide bonds. The Bertz CT molecular complexity index is 307. The van der Waals surface area contributed by atoms with Crippen molar-refractivity contribution < 1.29 is 13.2 Å². The Hall–Kier alpha value is -0.680. The van der Waals surface area contributed by atoms with Crippen LogP contribution < -0.4 is 5.73 Å². The third kappa shape index (κ3) is 3.76. The van der Waals surface area contributed by atoms with Crippen LogP contribution in [0.15, 0.2) is 29.2 Å². The molecule has 0 aliphatic heterocycles. The maximum atomic E-state index is 12.2. The SMILES string of the molecule is CC(CN)Sc1ccc(C(F)(F)F)cc1. The van der Waals surface area contributed by atoms with E-state index in [1.807, 2.05) is 6.92 Å². The van der Waals surface area contributed by atoms with Gasteiger partial charge in [0.05, 0.1) is 5.56 Å². The molecule has 0 fully saturated rings. The molecule has 0 saturated carbocycles. The Labute approximate surface area is 90.9 Å². The molecule has 0 bridgehead atoms. The van der Waals surface area contributed by atoms with Gasteiger partial charge < -0.3 is 5.73 Å². The largest absolute Gasteiger partial charge is 0.416 e. The van der Waals surface area contributed by atoms with Crippen LogP contribution in [0.4, 0.5) is 13.2 Å². The fraction of sp³-hybridized carbons (Fsp3) is 0.400. The van der Waals surface area contributed by atoms with Gasteiger partial charge in [0.15, 0.2) is 0 Å². The molecule has 1 aromatic rings. The van der Waals surface area contributed by atoms with Crippen LogP contribution >= 0.6 is 11.8 Å². The molecule has 15 heavy (non-hydrogen) atoms. The first kappa shape index (κ1) is 12.4. The first-order valence-electron chi connectivity index (χ1n) is 4.47. The van der Waals surface area contributed by atoms with Gasteiger partial charge in [-0.2, -0.15) is 13.2 Å². The zero-order valence-electron chi connectivity index (χ0n) is 8.21. The van der Waals surface area contributed by atoms with E-state index in [1.54, 1.807) is 0 Å². The molecular formula is C10H12F3NS. The number of hydrogen-bond acceptors (Lipinski definition) is 2. The number of alkyl halides is 3. The van der Waals surface area contributed by atoms with Crippen LogP contribution in [0.3, 0.4) is 0 Å². The second kappa shape index (κ2) is 4.90. The van der Waals surface area contributed by atoms with Crippen molar-refractivity contribution in [1.82, 2.24) is 0 Å². The van der Waals surface area contributed by atoms with E-state index < -0.39 is 11.7 Å². The minimum atomic E-state index is -4.26. The Morgan fingerprint density at radius 2 is 1.80 bits per heavy atom. The molecule has 1 aromatic carbocycles. The molecule has 1 unspecified atom stereocenters. The molecule has 5 heteroatoms. The zero-order chi connectivity index (χ0) is 11.5. The summed E-state index contributed by atoms with van der Waals surface area (Å²) in [6.07, 6.45) is -4.26. The molecule has 0 aliphatic rings. The second-order valence-electron chi connectivity index (χ2n) is 3.19. The summed E-state index contributed by atoms with van der Waals surface area (Å²) in [5.41, 5.74) is 4.80. The third-order valence-electron chi connectivity index (χ3n) is 1.85. The Morgan fingerprint density at radius 1 is 1.27 bits per heavy atom. The minimum Gasteiger partial charge on any atom is -0.329 e.